The van der Waals surface area contributed by atoms with Gasteiger partial charge in [0.05, 0.1) is 5.69 Å². The molecule has 0 saturated carbocycles. The molecule has 6 nitrogen and oxygen atoms in total. The lowest BCUT2D eigenvalue weighted by Gasteiger charge is -2.20. The van der Waals surface area contributed by atoms with E-state index in [-0.39, 0.29) is 17.9 Å². The average Bonchev–Trinajstić information content (AvgIpc) is 3.25. The number of carbonyl (C=O) groups excluding carboxylic acids is 2. The van der Waals surface area contributed by atoms with Crippen molar-refractivity contribution in [2.24, 2.45) is 0 Å². The Morgan fingerprint density at radius 2 is 2.00 bits per heavy atom. The van der Waals surface area contributed by atoms with Gasteiger partial charge < -0.3 is 4.90 Å². The first-order valence-corrected chi connectivity index (χ1v) is 9.51. The van der Waals surface area contributed by atoms with Crippen LogP contribution in [0.25, 0.3) is 11.3 Å². The van der Waals surface area contributed by atoms with Crippen LogP contribution in [0.2, 0.25) is 0 Å². The average molecular weight is 378 g/mol. The molecule has 0 unspecified atom stereocenters. The highest BCUT2D eigenvalue weighted by Crippen LogP contribution is 2.36. The maximum Gasteiger partial charge on any atom is 0.257 e. The molecule has 4 rings (SSSR count). The number of nitrogens with zero attached hydrogens (tertiary/aromatic N) is 3. The van der Waals surface area contributed by atoms with E-state index in [0.717, 1.165) is 28.9 Å². The molecule has 3 aromatic rings. The highest BCUT2D eigenvalue weighted by molar-refractivity contribution is 7.14. The highest BCUT2D eigenvalue weighted by atomic mass is 32.1. The van der Waals surface area contributed by atoms with Crippen LogP contribution in [-0.2, 0) is 11.2 Å². The Labute approximate surface area is 160 Å². The third kappa shape index (κ3) is 3.33. The molecule has 136 valence electrons. The van der Waals surface area contributed by atoms with Crippen molar-refractivity contribution in [1.29, 1.82) is 0 Å². The number of carbonyl (C=O) groups is 2. The van der Waals surface area contributed by atoms with Crippen LogP contribution in [0.3, 0.4) is 0 Å². The number of hydrogen-bond acceptors (Lipinski definition) is 5. The zero-order valence-corrected chi connectivity index (χ0v) is 15.8. The van der Waals surface area contributed by atoms with Gasteiger partial charge in [-0.2, -0.15) is 0 Å². The Morgan fingerprint density at radius 1 is 1.22 bits per heavy atom. The molecular weight excluding hydrogens is 360 g/mol. The normalized spacial score (nSPS) is 15.5. The maximum absolute atomic E-state index is 12.2. The SMILES string of the molecule is CC(=O)N1c2ccc(-c3csc(NC(=O)c4ccncc4)n3)cc2C[C@H]1C. The number of pyridine rings is 1. The molecule has 1 aromatic carbocycles. The third-order valence-corrected chi connectivity index (χ3v) is 5.36. The monoisotopic (exact) mass is 378 g/mol. The van der Waals surface area contributed by atoms with E-state index in [1.807, 2.05) is 22.4 Å². The van der Waals surface area contributed by atoms with E-state index in [1.54, 1.807) is 31.5 Å². The molecule has 7 heteroatoms. The molecule has 1 atom stereocenters. The van der Waals surface area contributed by atoms with Crippen molar-refractivity contribution < 1.29 is 9.59 Å². The summed E-state index contributed by atoms with van der Waals surface area (Å²) in [5, 5.41) is 5.29. The van der Waals surface area contributed by atoms with Crippen LogP contribution in [-0.4, -0.2) is 27.8 Å². The van der Waals surface area contributed by atoms with E-state index < -0.39 is 0 Å². The van der Waals surface area contributed by atoms with Gasteiger partial charge >= 0.3 is 0 Å². The number of thiazole rings is 1. The summed E-state index contributed by atoms with van der Waals surface area (Å²) in [6, 6.07) is 9.51. The van der Waals surface area contributed by atoms with Gasteiger partial charge in [-0.25, -0.2) is 4.98 Å². The Morgan fingerprint density at radius 3 is 2.74 bits per heavy atom. The first-order chi connectivity index (χ1) is 13.0. The van der Waals surface area contributed by atoms with Crippen molar-refractivity contribution >= 4 is 34.0 Å². The first kappa shape index (κ1) is 17.4. The minimum atomic E-state index is -0.210. The minimum Gasteiger partial charge on any atom is -0.309 e. The van der Waals surface area contributed by atoms with E-state index >= 15 is 0 Å². The fourth-order valence-corrected chi connectivity index (χ4v) is 4.12. The second-order valence-corrected chi connectivity index (χ2v) is 7.37. The lowest BCUT2D eigenvalue weighted by atomic mass is 10.1. The van der Waals surface area contributed by atoms with Gasteiger partial charge in [-0.05, 0) is 43.2 Å². The Balaban J connectivity index is 1.55. The molecule has 1 N–H and O–H groups in total. The van der Waals surface area contributed by atoms with Crippen LogP contribution >= 0.6 is 11.3 Å². The smallest absolute Gasteiger partial charge is 0.257 e. The largest absolute Gasteiger partial charge is 0.309 e. The summed E-state index contributed by atoms with van der Waals surface area (Å²) >= 11 is 1.38. The minimum absolute atomic E-state index is 0.0590. The third-order valence-electron chi connectivity index (χ3n) is 4.60. The van der Waals surface area contributed by atoms with Gasteiger partial charge in [0.1, 0.15) is 0 Å². The summed E-state index contributed by atoms with van der Waals surface area (Å²) in [6.07, 6.45) is 3.99. The quantitative estimate of drug-likeness (QED) is 0.753. The van der Waals surface area contributed by atoms with Crippen LogP contribution in [0.5, 0.6) is 0 Å². The summed E-state index contributed by atoms with van der Waals surface area (Å²) in [5.41, 5.74) is 4.44. The Kier molecular flexibility index (Phi) is 4.45. The first-order valence-electron chi connectivity index (χ1n) is 8.63. The van der Waals surface area contributed by atoms with Gasteiger partial charge in [0.25, 0.3) is 5.91 Å². The number of benzene rings is 1. The van der Waals surface area contributed by atoms with Crippen molar-refractivity contribution in [1.82, 2.24) is 9.97 Å². The van der Waals surface area contributed by atoms with E-state index in [2.05, 4.69) is 28.3 Å². The molecule has 0 fully saturated rings. The summed E-state index contributed by atoms with van der Waals surface area (Å²) in [5.74, 6) is -0.151. The van der Waals surface area contributed by atoms with Crippen LogP contribution in [0, 0.1) is 0 Å². The molecule has 0 saturated heterocycles. The van der Waals surface area contributed by atoms with Gasteiger partial charge in [0, 0.05) is 47.6 Å². The molecule has 3 heterocycles. The molecule has 2 aromatic heterocycles. The van der Waals surface area contributed by atoms with E-state index in [0.29, 0.717) is 10.7 Å². The Hall–Kier alpha value is -3.06. The van der Waals surface area contributed by atoms with Crippen LogP contribution in [0.1, 0.15) is 29.8 Å². The fraction of sp³-hybridized carbons (Fsp3) is 0.200. The molecule has 1 aliphatic heterocycles. The molecule has 0 radical (unpaired) electrons. The molecule has 2 amide bonds. The van der Waals surface area contributed by atoms with Gasteiger partial charge in [-0.3, -0.25) is 19.9 Å². The van der Waals surface area contributed by atoms with E-state index in [1.165, 1.54) is 11.3 Å². The van der Waals surface area contributed by atoms with Gasteiger partial charge in [-0.1, -0.05) is 6.07 Å². The number of aromatic nitrogens is 2. The molecule has 0 aliphatic carbocycles. The second-order valence-electron chi connectivity index (χ2n) is 6.51. The van der Waals surface area contributed by atoms with Gasteiger partial charge in [0.15, 0.2) is 5.13 Å². The number of fused-ring (bicyclic) bond motifs is 1. The zero-order chi connectivity index (χ0) is 19.0. The number of nitrogens with one attached hydrogen (secondary N) is 1. The molecule has 1 aliphatic rings. The molecule has 27 heavy (non-hydrogen) atoms. The summed E-state index contributed by atoms with van der Waals surface area (Å²) in [7, 11) is 0. The van der Waals surface area contributed by atoms with Crippen LogP contribution < -0.4 is 10.2 Å². The number of rotatable bonds is 3. The van der Waals surface area contributed by atoms with Crippen molar-refractivity contribution in [2.45, 2.75) is 26.3 Å². The van der Waals surface area contributed by atoms with Gasteiger partial charge in [0.2, 0.25) is 5.91 Å². The van der Waals surface area contributed by atoms with E-state index in [9.17, 15) is 9.59 Å². The highest BCUT2D eigenvalue weighted by Gasteiger charge is 2.29. The zero-order valence-electron chi connectivity index (χ0n) is 15.0. The lowest BCUT2D eigenvalue weighted by molar-refractivity contribution is -0.116. The topological polar surface area (TPSA) is 75.2 Å². The summed E-state index contributed by atoms with van der Waals surface area (Å²) in [6.45, 7) is 3.65. The molecular formula is C20H18N4O2S. The number of amides is 2. The summed E-state index contributed by atoms with van der Waals surface area (Å²) in [4.78, 5) is 34.4. The van der Waals surface area contributed by atoms with Crippen molar-refractivity contribution in [3.63, 3.8) is 0 Å². The van der Waals surface area contributed by atoms with Crippen LogP contribution in [0.4, 0.5) is 10.8 Å². The Bertz CT molecular complexity index is 1020. The van der Waals surface area contributed by atoms with Crippen molar-refractivity contribution in [2.75, 3.05) is 10.2 Å². The van der Waals surface area contributed by atoms with E-state index in [4.69, 9.17) is 0 Å². The predicted molar refractivity (Wildman–Crippen MR) is 106 cm³/mol. The summed E-state index contributed by atoms with van der Waals surface area (Å²) < 4.78 is 0. The lowest BCUT2D eigenvalue weighted by Crippen LogP contribution is -2.33. The van der Waals surface area contributed by atoms with Gasteiger partial charge in [-0.15, -0.1) is 11.3 Å². The molecule has 0 bridgehead atoms. The number of hydrogen-bond donors (Lipinski definition) is 1. The van der Waals surface area contributed by atoms with Crippen molar-refractivity contribution in [3.8, 4) is 11.3 Å². The predicted octanol–water partition coefficient (Wildman–Crippen LogP) is 3.75. The standard InChI is InChI=1S/C20H18N4O2S/c1-12-9-16-10-15(3-4-18(16)24(12)13(2)25)17-11-27-20(22-17)23-19(26)14-5-7-21-8-6-14/h3-8,10-12H,9H2,1-2H3,(H,22,23,26)/t12-/m1/s1. The molecule has 0 spiro atoms. The van der Waals surface area contributed by atoms with Crippen LogP contribution in [0.15, 0.2) is 48.1 Å². The second kappa shape index (κ2) is 6.92. The number of anilines is 2. The van der Waals surface area contributed by atoms with Crippen molar-refractivity contribution in [3.05, 3.63) is 59.2 Å². The maximum atomic E-state index is 12.2. The fourth-order valence-electron chi connectivity index (χ4n) is 3.41.